The van der Waals surface area contributed by atoms with Gasteiger partial charge in [0.2, 0.25) is 0 Å². The first-order chi connectivity index (χ1) is 11.3. The Kier molecular flexibility index (Phi) is 12.6. The monoisotopic (exact) mass is 418 g/mol. The molecule has 0 spiro atoms. The third-order valence-corrected chi connectivity index (χ3v) is 4.11. The summed E-state index contributed by atoms with van der Waals surface area (Å²) in [5, 5.41) is 0. The van der Waals surface area contributed by atoms with Crippen molar-refractivity contribution in [2.45, 2.75) is 18.0 Å². The van der Waals surface area contributed by atoms with Crippen LogP contribution < -0.4 is 18.9 Å². The molecule has 0 N–H and O–H groups in total. The topological polar surface area (TPSA) is 46.6 Å². The van der Waals surface area contributed by atoms with E-state index in [2.05, 4.69) is 53.1 Å². The van der Waals surface area contributed by atoms with Crippen LogP contribution in [0.25, 0.3) is 0 Å². The molecule has 0 radical (unpaired) electrons. The number of halogens is 1. The molecule has 2 aromatic carbocycles. The van der Waals surface area contributed by atoms with Crippen LogP contribution in [0.2, 0.25) is 0 Å². The van der Waals surface area contributed by atoms with Crippen molar-refractivity contribution in [1.82, 2.24) is 9.80 Å². The van der Waals surface area contributed by atoms with Crippen molar-refractivity contribution in [3.05, 3.63) is 64.1 Å². The molecule has 132 valence electrons. The molecule has 0 heterocycles. The van der Waals surface area contributed by atoms with E-state index in [0.717, 1.165) is 23.1 Å². The zero-order valence-electron chi connectivity index (χ0n) is 15.5. The first-order valence-electron chi connectivity index (χ1n) is 7.50. The van der Waals surface area contributed by atoms with Crippen LogP contribution in [-0.2, 0) is 24.2 Å². The summed E-state index contributed by atoms with van der Waals surface area (Å²) in [5.41, 5.74) is 2.34. The number of nitrogens with zero attached hydrogens (tertiary/aromatic N) is 2. The van der Waals surface area contributed by atoms with Gasteiger partial charge in [-0.15, -0.1) is 0 Å². The van der Waals surface area contributed by atoms with Gasteiger partial charge in [0.1, 0.15) is 0 Å². The van der Waals surface area contributed by atoms with Gasteiger partial charge in [0.15, 0.2) is 0 Å². The van der Waals surface area contributed by atoms with Crippen LogP contribution in [0.1, 0.15) is 11.1 Å². The van der Waals surface area contributed by atoms with Crippen LogP contribution in [0.15, 0.2) is 57.9 Å². The van der Waals surface area contributed by atoms with E-state index in [9.17, 15) is 8.76 Å². The van der Waals surface area contributed by atoms with Crippen molar-refractivity contribution in [2.24, 2.45) is 0 Å². The molecule has 0 amide bonds. The molecule has 0 saturated carbocycles. The Hall–Kier alpha value is -0.453. The van der Waals surface area contributed by atoms with Crippen molar-refractivity contribution in [3.63, 3.8) is 0 Å². The largest absolute Gasteiger partial charge is 1.00 e. The minimum Gasteiger partial charge on any atom is -0.768 e. The number of rotatable bonds is 5. The van der Waals surface area contributed by atoms with Gasteiger partial charge < -0.3 is 14.4 Å². The maximum atomic E-state index is 10.6. The van der Waals surface area contributed by atoms with E-state index < -0.39 is 11.1 Å². The minimum atomic E-state index is -2.12. The van der Waals surface area contributed by atoms with E-state index in [4.69, 9.17) is 0 Å². The fourth-order valence-corrected chi connectivity index (χ4v) is 3.00. The Morgan fingerprint density at radius 3 is 1.84 bits per heavy atom. The van der Waals surface area contributed by atoms with Gasteiger partial charge in [0.05, 0.1) is 0 Å². The van der Waals surface area contributed by atoms with Gasteiger partial charge in [-0.1, -0.05) is 40.2 Å². The summed E-state index contributed by atoms with van der Waals surface area (Å²) in [6.45, 7) is 1.75. The molecule has 0 aliphatic heterocycles. The summed E-state index contributed by atoms with van der Waals surface area (Å²) in [7, 11) is 8.03. The zero-order chi connectivity index (χ0) is 18.1. The molecular formula is C18H24BrLiN2O2S. The summed E-state index contributed by atoms with van der Waals surface area (Å²) >= 11 is 1.31. The Bertz CT molecular complexity index is 669. The summed E-state index contributed by atoms with van der Waals surface area (Å²) in [4.78, 5) is 4.49. The van der Waals surface area contributed by atoms with E-state index in [1.165, 1.54) is 5.56 Å². The molecule has 0 aromatic heterocycles. The molecule has 7 heteroatoms. The second-order valence-corrected chi connectivity index (χ2v) is 7.84. The molecule has 25 heavy (non-hydrogen) atoms. The SMILES string of the molecule is CN(C)Cc1cccc(Br)c1.CN(C)Cc1cccc(S(=O)[O-])c1.[Li+]. The Morgan fingerprint density at radius 1 is 0.920 bits per heavy atom. The maximum absolute atomic E-state index is 10.6. The third kappa shape index (κ3) is 11.0. The molecule has 0 bridgehead atoms. The van der Waals surface area contributed by atoms with E-state index in [1.807, 2.05) is 31.1 Å². The average molecular weight is 419 g/mol. The Morgan fingerprint density at radius 2 is 1.40 bits per heavy atom. The molecule has 2 rings (SSSR count). The van der Waals surface area contributed by atoms with Gasteiger partial charge >= 0.3 is 18.9 Å². The molecular weight excluding hydrogens is 395 g/mol. The summed E-state index contributed by atoms with van der Waals surface area (Å²) in [5.74, 6) is 0. The second-order valence-electron chi connectivity index (χ2n) is 5.99. The first kappa shape index (κ1) is 24.5. The summed E-state index contributed by atoms with van der Waals surface area (Å²) in [6, 6.07) is 15.3. The van der Waals surface area contributed by atoms with Gasteiger partial charge in [0.25, 0.3) is 0 Å². The van der Waals surface area contributed by atoms with Crippen molar-refractivity contribution in [3.8, 4) is 0 Å². The zero-order valence-corrected chi connectivity index (χ0v) is 17.9. The molecule has 0 aliphatic carbocycles. The van der Waals surface area contributed by atoms with Crippen LogP contribution in [-0.4, -0.2) is 46.8 Å². The Balaban J connectivity index is 0.000000449. The molecule has 4 nitrogen and oxygen atoms in total. The Labute approximate surface area is 174 Å². The molecule has 0 aliphatic rings. The van der Waals surface area contributed by atoms with Gasteiger partial charge in [0, 0.05) is 22.5 Å². The first-order valence-corrected chi connectivity index (χ1v) is 9.37. The van der Waals surface area contributed by atoms with Crippen LogP contribution in [0, 0.1) is 0 Å². The van der Waals surface area contributed by atoms with Crippen molar-refractivity contribution in [2.75, 3.05) is 28.2 Å². The minimum absolute atomic E-state index is 0. The van der Waals surface area contributed by atoms with Crippen LogP contribution in [0.5, 0.6) is 0 Å². The predicted octanol–water partition coefficient (Wildman–Crippen LogP) is 0.501. The van der Waals surface area contributed by atoms with Gasteiger partial charge in [-0.25, -0.2) is 0 Å². The van der Waals surface area contributed by atoms with Crippen LogP contribution >= 0.6 is 15.9 Å². The van der Waals surface area contributed by atoms with E-state index >= 15 is 0 Å². The van der Waals surface area contributed by atoms with Crippen molar-refractivity contribution >= 4 is 27.0 Å². The third-order valence-electron chi connectivity index (χ3n) is 2.98. The average Bonchev–Trinajstić information content (AvgIpc) is 2.46. The number of benzene rings is 2. The smallest absolute Gasteiger partial charge is 0.768 e. The summed E-state index contributed by atoms with van der Waals surface area (Å²) in [6.07, 6.45) is 0. The predicted molar refractivity (Wildman–Crippen MR) is 103 cm³/mol. The second kappa shape index (κ2) is 12.8. The van der Waals surface area contributed by atoms with Crippen molar-refractivity contribution in [1.29, 1.82) is 0 Å². The molecule has 2 aromatic rings. The van der Waals surface area contributed by atoms with E-state index in [1.54, 1.807) is 18.2 Å². The standard InChI is InChI=1S/C9H12BrN.C9H13NO2S.Li/c1-11(2)7-8-4-3-5-9(10)6-8;1-10(2)7-8-4-3-5-9(6-8)13(11)12;/h3-6H,7H2,1-2H3;3-6H,7H2,1-2H3,(H,11,12);/q;;+1/p-1. The molecule has 0 saturated heterocycles. The van der Waals surface area contributed by atoms with E-state index in [-0.39, 0.29) is 18.9 Å². The fraction of sp³-hybridized carbons (Fsp3) is 0.333. The quantitative estimate of drug-likeness (QED) is 0.523. The molecule has 1 atom stereocenters. The number of hydrogen-bond acceptors (Lipinski definition) is 4. The van der Waals surface area contributed by atoms with E-state index in [0.29, 0.717) is 4.90 Å². The fourth-order valence-electron chi connectivity index (χ4n) is 2.11. The number of hydrogen-bond donors (Lipinski definition) is 0. The van der Waals surface area contributed by atoms with Gasteiger partial charge in [-0.05, 0) is 74.7 Å². The maximum Gasteiger partial charge on any atom is 1.00 e. The van der Waals surface area contributed by atoms with Crippen LogP contribution in [0.3, 0.4) is 0 Å². The molecule has 0 fully saturated rings. The van der Waals surface area contributed by atoms with Crippen molar-refractivity contribution < 1.29 is 27.6 Å². The normalized spacial score (nSPS) is 11.5. The van der Waals surface area contributed by atoms with Gasteiger partial charge in [-0.2, -0.15) is 0 Å². The summed E-state index contributed by atoms with van der Waals surface area (Å²) < 4.78 is 22.4. The van der Waals surface area contributed by atoms with Gasteiger partial charge in [-0.3, -0.25) is 4.21 Å². The van der Waals surface area contributed by atoms with Crippen LogP contribution in [0.4, 0.5) is 0 Å². The molecule has 1 unspecified atom stereocenters.